The first-order chi connectivity index (χ1) is 11.4. The molecule has 0 aliphatic carbocycles. The molecule has 1 aromatic rings. The second-order valence-electron chi connectivity index (χ2n) is 6.21. The molecule has 1 atom stereocenters. The Labute approximate surface area is 137 Å². The molecule has 23 heavy (non-hydrogen) atoms. The molecule has 2 aliphatic rings. The van der Waals surface area contributed by atoms with E-state index in [1.807, 2.05) is 0 Å². The first-order valence-corrected chi connectivity index (χ1v) is 8.91. The van der Waals surface area contributed by atoms with E-state index in [-0.39, 0.29) is 0 Å². The maximum absolute atomic E-state index is 5.65. The third-order valence-corrected chi connectivity index (χ3v) is 4.43. The zero-order chi connectivity index (χ0) is 15.9. The highest BCUT2D eigenvalue weighted by molar-refractivity contribution is 5.79. The highest BCUT2D eigenvalue weighted by Crippen LogP contribution is 2.15. The predicted molar refractivity (Wildman–Crippen MR) is 89.4 cm³/mol. The van der Waals surface area contributed by atoms with E-state index >= 15 is 0 Å². The molecule has 0 radical (unpaired) electrons. The summed E-state index contributed by atoms with van der Waals surface area (Å²) in [5, 5.41) is 15.3. The van der Waals surface area contributed by atoms with Crippen LogP contribution in [0.1, 0.15) is 50.7 Å². The van der Waals surface area contributed by atoms with E-state index in [2.05, 4.69) is 37.3 Å². The number of rotatable bonds is 5. The topological polar surface area (TPSA) is 76.4 Å². The third-order valence-electron chi connectivity index (χ3n) is 4.43. The van der Waals surface area contributed by atoms with Gasteiger partial charge >= 0.3 is 0 Å². The fourth-order valence-corrected chi connectivity index (χ4v) is 3.17. The fraction of sp³-hybridized carbons (Fsp3) is 0.812. The van der Waals surface area contributed by atoms with Crippen molar-refractivity contribution in [2.45, 2.75) is 64.6 Å². The number of ether oxygens (including phenoxy) is 1. The van der Waals surface area contributed by atoms with E-state index in [4.69, 9.17) is 4.74 Å². The number of nitrogens with zero attached hydrogens (tertiary/aromatic N) is 4. The van der Waals surface area contributed by atoms with Crippen molar-refractivity contribution in [3.63, 3.8) is 0 Å². The van der Waals surface area contributed by atoms with Crippen LogP contribution in [-0.2, 0) is 24.2 Å². The molecule has 3 heterocycles. The van der Waals surface area contributed by atoms with Crippen molar-refractivity contribution in [2.24, 2.45) is 4.99 Å². The lowest BCUT2D eigenvalue weighted by molar-refractivity contribution is 0.114. The second-order valence-corrected chi connectivity index (χ2v) is 6.21. The zero-order valence-corrected chi connectivity index (χ0v) is 14.1. The lowest BCUT2D eigenvalue weighted by Crippen LogP contribution is -2.41. The Morgan fingerprint density at radius 1 is 1.26 bits per heavy atom. The van der Waals surface area contributed by atoms with Crippen LogP contribution < -0.4 is 10.6 Å². The van der Waals surface area contributed by atoms with Crippen molar-refractivity contribution in [2.75, 3.05) is 19.7 Å². The number of nitrogens with one attached hydrogen (secondary N) is 2. The predicted octanol–water partition coefficient (Wildman–Crippen LogP) is 1.24. The average Bonchev–Trinajstić information content (AvgIpc) is 3.15. The number of fused-ring (bicyclic) bond motifs is 1. The van der Waals surface area contributed by atoms with Crippen LogP contribution in [-0.4, -0.2) is 46.5 Å². The minimum atomic E-state index is 0.309. The van der Waals surface area contributed by atoms with Crippen LogP contribution >= 0.6 is 0 Å². The van der Waals surface area contributed by atoms with E-state index in [1.54, 1.807) is 0 Å². The Hall–Kier alpha value is -1.63. The van der Waals surface area contributed by atoms with Gasteiger partial charge in [-0.3, -0.25) is 0 Å². The van der Waals surface area contributed by atoms with Crippen molar-refractivity contribution in [3.8, 4) is 0 Å². The summed E-state index contributed by atoms with van der Waals surface area (Å²) in [4.78, 5) is 4.67. The van der Waals surface area contributed by atoms with Gasteiger partial charge in [0.2, 0.25) is 0 Å². The van der Waals surface area contributed by atoms with Crippen molar-refractivity contribution >= 4 is 5.96 Å². The van der Waals surface area contributed by atoms with Gasteiger partial charge in [-0.05, 0) is 32.6 Å². The third kappa shape index (κ3) is 4.43. The minimum Gasteiger partial charge on any atom is -0.376 e. The van der Waals surface area contributed by atoms with Gasteiger partial charge in [0, 0.05) is 32.7 Å². The number of guanidine groups is 1. The lowest BCUT2D eigenvalue weighted by atomic mass is 10.2. The van der Waals surface area contributed by atoms with Gasteiger partial charge < -0.3 is 19.9 Å². The lowest BCUT2D eigenvalue weighted by Gasteiger charge is -2.14. The van der Waals surface area contributed by atoms with Crippen molar-refractivity contribution < 1.29 is 4.74 Å². The van der Waals surface area contributed by atoms with Gasteiger partial charge in [0.1, 0.15) is 12.4 Å². The smallest absolute Gasteiger partial charge is 0.191 e. The molecule has 1 saturated heterocycles. The average molecular weight is 320 g/mol. The standard InChI is InChI=1S/C16H28N6O/c1-2-17-16(18-11-13-7-6-10-23-13)19-12-15-21-20-14-8-4-3-5-9-22(14)15/h13H,2-12H2,1H3,(H2,17,18,19). The molecule has 128 valence electrons. The molecule has 0 amide bonds. The quantitative estimate of drug-likeness (QED) is 0.630. The molecule has 0 aromatic carbocycles. The second kappa shape index (κ2) is 8.29. The van der Waals surface area contributed by atoms with E-state index in [9.17, 15) is 0 Å². The Balaban J connectivity index is 1.59. The summed E-state index contributed by atoms with van der Waals surface area (Å²) < 4.78 is 7.90. The summed E-state index contributed by atoms with van der Waals surface area (Å²) in [7, 11) is 0. The number of hydrogen-bond donors (Lipinski definition) is 2. The monoisotopic (exact) mass is 320 g/mol. The summed E-state index contributed by atoms with van der Waals surface area (Å²) in [5.41, 5.74) is 0. The molecular weight excluding hydrogens is 292 g/mol. The maximum atomic E-state index is 5.65. The van der Waals surface area contributed by atoms with E-state index in [0.717, 1.165) is 63.1 Å². The minimum absolute atomic E-state index is 0.309. The van der Waals surface area contributed by atoms with E-state index < -0.39 is 0 Å². The normalized spacial score (nSPS) is 21.8. The molecule has 3 rings (SSSR count). The van der Waals surface area contributed by atoms with Gasteiger partial charge in [-0.25, -0.2) is 4.99 Å². The SMILES string of the molecule is CCNC(=NCc1nnc2n1CCCCC2)NCC1CCCO1. The Kier molecular flexibility index (Phi) is 5.85. The first kappa shape index (κ1) is 16.2. The van der Waals surface area contributed by atoms with Crippen LogP contribution in [0.2, 0.25) is 0 Å². The van der Waals surface area contributed by atoms with Gasteiger partial charge in [0.15, 0.2) is 11.8 Å². The Bertz CT molecular complexity index is 521. The molecule has 0 bridgehead atoms. The molecule has 2 aliphatic heterocycles. The number of hydrogen-bond acceptors (Lipinski definition) is 4. The van der Waals surface area contributed by atoms with Gasteiger partial charge in [0.25, 0.3) is 0 Å². The molecule has 0 saturated carbocycles. The van der Waals surface area contributed by atoms with Crippen molar-refractivity contribution in [1.29, 1.82) is 0 Å². The number of aromatic nitrogens is 3. The van der Waals surface area contributed by atoms with E-state index in [1.165, 1.54) is 19.3 Å². The number of aryl methyl sites for hydroxylation is 1. The largest absolute Gasteiger partial charge is 0.376 e. The zero-order valence-electron chi connectivity index (χ0n) is 14.1. The van der Waals surface area contributed by atoms with Crippen LogP contribution in [0.3, 0.4) is 0 Å². The van der Waals surface area contributed by atoms with Crippen LogP contribution in [0.25, 0.3) is 0 Å². The molecule has 1 fully saturated rings. The molecule has 2 N–H and O–H groups in total. The van der Waals surface area contributed by atoms with Crippen LogP contribution in [0.15, 0.2) is 4.99 Å². The summed E-state index contributed by atoms with van der Waals surface area (Å²) in [6, 6.07) is 0. The van der Waals surface area contributed by atoms with Crippen molar-refractivity contribution in [1.82, 2.24) is 25.4 Å². The van der Waals surface area contributed by atoms with Gasteiger partial charge in [-0.15, -0.1) is 10.2 Å². The summed E-state index contributed by atoms with van der Waals surface area (Å²) in [6.07, 6.45) is 7.33. The van der Waals surface area contributed by atoms with Crippen molar-refractivity contribution in [3.05, 3.63) is 11.6 Å². The summed E-state index contributed by atoms with van der Waals surface area (Å²) in [5.74, 6) is 2.91. The molecule has 0 spiro atoms. The van der Waals surface area contributed by atoms with Gasteiger partial charge in [-0.2, -0.15) is 0 Å². The Morgan fingerprint density at radius 3 is 3.04 bits per heavy atom. The summed E-state index contributed by atoms with van der Waals surface area (Å²) in [6.45, 7) is 6.19. The highest BCUT2D eigenvalue weighted by atomic mass is 16.5. The molecule has 1 aromatic heterocycles. The van der Waals surface area contributed by atoms with Crippen LogP contribution in [0.5, 0.6) is 0 Å². The molecule has 7 heteroatoms. The fourth-order valence-electron chi connectivity index (χ4n) is 3.17. The highest BCUT2D eigenvalue weighted by Gasteiger charge is 2.16. The maximum Gasteiger partial charge on any atom is 0.191 e. The molecular formula is C16H28N6O. The van der Waals surface area contributed by atoms with E-state index in [0.29, 0.717) is 12.6 Å². The van der Waals surface area contributed by atoms with Gasteiger partial charge in [0.05, 0.1) is 6.10 Å². The first-order valence-electron chi connectivity index (χ1n) is 8.91. The number of aliphatic imine (C=N–C) groups is 1. The van der Waals surface area contributed by atoms with Crippen LogP contribution in [0.4, 0.5) is 0 Å². The van der Waals surface area contributed by atoms with Crippen LogP contribution in [0, 0.1) is 0 Å². The molecule has 7 nitrogen and oxygen atoms in total. The van der Waals surface area contributed by atoms with Gasteiger partial charge in [-0.1, -0.05) is 6.42 Å². The summed E-state index contributed by atoms with van der Waals surface area (Å²) >= 11 is 0. The molecule has 1 unspecified atom stereocenters. The Morgan fingerprint density at radius 2 is 2.22 bits per heavy atom.